The Kier molecular flexibility index (Phi) is 3.91. The summed E-state index contributed by atoms with van der Waals surface area (Å²) in [4.78, 5) is 1.07. The van der Waals surface area contributed by atoms with Crippen LogP contribution in [-0.2, 0) is 5.75 Å². The standard InChI is InChI=1S/C15H11N5OS2/c1-2-5-12(6-3-1)20-15(16-18-19-20)23-10-11-9-13(21-17-11)14-7-4-8-22-14/h1-9H,10H2. The number of benzene rings is 1. The average molecular weight is 341 g/mol. The molecule has 4 rings (SSSR count). The number of para-hydroxylation sites is 1. The van der Waals surface area contributed by atoms with Gasteiger partial charge < -0.3 is 4.52 Å². The van der Waals surface area contributed by atoms with Gasteiger partial charge in [-0.2, -0.15) is 4.68 Å². The lowest BCUT2D eigenvalue weighted by atomic mass is 10.3. The second-order valence-corrected chi connectivity index (χ2v) is 6.55. The van der Waals surface area contributed by atoms with Gasteiger partial charge in [0.15, 0.2) is 5.76 Å². The van der Waals surface area contributed by atoms with Crippen LogP contribution in [0.3, 0.4) is 0 Å². The molecule has 0 atom stereocenters. The van der Waals surface area contributed by atoms with Crippen LogP contribution in [-0.4, -0.2) is 25.4 Å². The molecule has 0 saturated carbocycles. The maximum Gasteiger partial charge on any atom is 0.214 e. The molecule has 0 bridgehead atoms. The first kappa shape index (κ1) is 14.2. The fourth-order valence-electron chi connectivity index (χ4n) is 2.05. The van der Waals surface area contributed by atoms with Gasteiger partial charge in [0, 0.05) is 11.8 Å². The molecule has 0 radical (unpaired) electrons. The van der Waals surface area contributed by atoms with Gasteiger partial charge in [0.05, 0.1) is 16.3 Å². The molecule has 3 heterocycles. The molecule has 23 heavy (non-hydrogen) atoms. The van der Waals surface area contributed by atoms with E-state index in [9.17, 15) is 0 Å². The Balaban J connectivity index is 1.49. The van der Waals surface area contributed by atoms with Crippen LogP contribution in [0.5, 0.6) is 0 Å². The molecule has 0 saturated heterocycles. The van der Waals surface area contributed by atoms with E-state index in [1.54, 1.807) is 16.0 Å². The summed E-state index contributed by atoms with van der Waals surface area (Å²) in [5.41, 5.74) is 1.79. The van der Waals surface area contributed by atoms with Crippen molar-refractivity contribution in [3.63, 3.8) is 0 Å². The number of thioether (sulfide) groups is 1. The van der Waals surface area contributed by atoms with Gasteiger partial charge in [0.1, 0.15) is 0 Å². The van der Waals surface area contributed by atoms with Gasteiger partial charge >= 0.3 is 0 Å². The van der Waals surface area contributed by atoms with E-state index < -0.39 is 0 Å². The smallest absolute Gasteiger partial charge is 0.214 e. The summed E-state index contributed by atoms with van der Waals surface area (Å²) in [5.74, 6) is 1.43. The van der Waals surface area contributed by atoms with Gasteiger partial charge in [-0.05, 0) is 34.0 Å². The second-order valence-electron chi connectivity index (χ2n) is 4.66. The molecule has 0 unspecified atom stereocenters. The van der Waals surface area contributed by atoms with Crippen molar-refractivity contribution in [1.82, 2.24) is 25.4 Å². The van der Waals surface area contributed by atoms with Gasteiger partial charge in [-0.3, -0.25) is 0 Å². The Morgan fingerprint density at radius 2 is 2.04 bits per heavy atom. The van der Waals surface area contributed by atoms with Crippen molar-refractivity contribution < 1.29 is 4.52 Å². The quantitative estimate of drug-likeness (QED) is 0.516. The Labute approximate surface area is 140 Å². The predicted octanol–water partition coefficient (Wildman–Crippen LogP) is 3.67. The third-order valence-corrected chi connectivity index (χ3v) is 4.95. The number of aromatic nitrogens is 5. The van der Waals surface area contributed by atoms with Crippen molar-refractivity contribution in [2.75, 3.05) is 0 Å². The van der Waals surface area contributed by atoms with E-state index in [4.69, 9.17) is 4.52 Å². The zero-order chi connectivity index (χ0) is 15.5. The largest absolute Gasteiger partial charge is 0.355 e. The summed E-state index contributed by atoms with van der Waals surface area (Å²) in [7, 11) is 0. The highest BCUT2D eigenvalue weighted by atomic mass is 32.2. The van der Waals surface area contributed by atoms with Crippen LogP contribution in [0.15, 0.2) is 63.6 Å². The monoisotopic (exact) mass is 341 g/mol. The molecule has 6 nitrogen and oxygen atoms in total. The molecule has 3 aromatic heterocycles. The summed E-state index contributed by atoms with van der Waals surface area (Å²) in [6.07, 6.45) is 0. The van der Waals surface area contributed by atoms with E-state index in [-0.39, 0.29) is 0 Å². The third-order valence-electron chi connectivity index (χ3n) is 3.11. The number of rotatable bonds is 5. The summed E-state index contributed by atoms with van der Waals surface area (Å²) >= 11 is 3.15. The van der Waals surface area contributed by atoms with Crippen LogP contribution in [0.2, 0.25) is 0 Å². The van der Waals surface area contributed by atoms with E-state index in [2.05, 4.69) is 20.7 Å². The molecule has 114 valence electrons. The van der Waals surface area contributed by atoms with E-state index in [1.165, 1.54) is 11.8 Å². The van der Waals surface area contributed by atoms with Gasteiger partial charge in [0.25, 0.3) is 0 Å². The van der Waals surface area contributed by atoms with Gasteiger partial charge in [-0.15, -0.1) is 16.4 Å². The zero-order valence-electron chi connectivity index (χ0n) is 11.9. The molecule has 0 aliphatic rings. The van der Waals surface area contributed by atoms with Gasteiger partial charge in [-0.25, -0.2) is 0 Å². The lowest BCUT2D eigenvalue weighted by molar-refractivity contribution is 0.427. The molecule has 0 fully saturated rings. The molecular weight excluding hydrogens is 330 g/mol. The number of thiophene rings is 1. The SMILES string of the molecule is c1ccc(-n2nnnc2SCc2cc(-c3cccs3)on2)cc1. The number of tetrazole rings is 1. The van der Waals surface area contributed by atoms with Crippen LogP contribution < -0.4 is 0 Å². The molecule has 0 amide bonds. The molecule has 0 aliphatic heterocycles. The van der Waals surface area contributed by atoms with E-state index in [0.29, 0.717) is 5.75 Å². The lowest BCUT2D eigenvalue weighted by Crippen LogP contribution is -1.98. The van der Waals surface area contributed by atoms with E-state index in [1.807, 2.05) is 53.9 Å². The van der Waals surface area contributed by atoms with Crippen LogP contribution in [0.25, 0.3) is 16.3 Å². The fourth-order valence-corrected chi connectivity index (χ4v) is 3.50. The molecule has 0 spiro atoms. The minimum absolute atomic E-state index is 0.641. The second kappa shape index (κ2) is 6.35. The maximum atomic E-state index is 5.38. The molecule has 1 aromatic carbocycles. The van der Waals surface area contributed by atoms with Crippen molar-refractivity contribution in [1.29, 1.82) is 0 Å². The Morgan fingerprint density at radius 3 is 2.87 bits per heavy atom. The topological polar surface area (TPSA) is 69.6 Å². The maximum absolute atomic E-state index is 5.38. The van der Waals surface area contributed by atoms with Crippen LogP contribution in [0.4, 0.5) is 0 Å². The predicted molar refractivity (Wildman–Crippen MR) is 88.5 cm³/mol. The fraction of sp³-hybridized carbons (Fsp3) is 0.0667. The van der Waals surface area contributed by atoms with Crippen molar-refractivity contribution in [3.8, 4) is 16.3 Å². The number of hydrogen-bond donors (Lipinski definition) is 0. The highest BCUT2D eigenvalue weighted by Crippen LogP contribution is 2.28. The highest BCUT2D eigenvalue weighted by molar-refractivity contribution is 7.98. The van der Waals surface area contributed by atoms with Gasteiger partial charge in [0.2, 0.25) is 5.16 Å². The number of hydrogen-bond acceptors (Lipinski definition) is 7. The number of nitrogens with zero attached hydrogens (tertiary/aromatic N) is 5. The highest BCUT2D eigenvalue weighted by Gasteiger charge is 2.12. The summed E-state index contributed by atoms with van der Waals surface area (Å²) in [5, 5.41) is 18.7. The van der Waals surface area contributed by atoms with Crippen LogP contribution in [0, 0.1) is 0 Å². The molecular formula is C15H11N5OS2. The average Bonchev–Trinajstić information content (AvgIpc) is 3.33. The first-order valence-electron chi connectivity index (χ1n) is 6.86. The van der Waals surface area contributed by atoms with E-state index >= 15 is 0 Å². The van der Waals surface area contributed by atoms with Crippen molar-refractivity contribution in [2.24, 2.45) is 0 Å². The van der Waals surface area contributed by atoms with Crippen molar-refractivity contribution in [3.05, 3.63) is 59.6 Å². The Morgan fingerprint density at radius 1 is 1.13 bits per heavy atom. The van der Waals surface area contributed by atoms with Crippen molar-refractivity contribution in [2.45, 2.75) is 10.9 Å². The van der Waals surface area contributed by atoms with Gasteiger partial charge in [-0.1, -0.05) is 41.2 Å². The first-order chi connectivity index (χ1) is 11.4. The summed E-state index contributed by atoms with van der Waals surface area (Å²) < 4.78 is 7.10. The molecule has 0 aliphatic carbocycles. The summed E-state index contributed by atoms with van der Waals surface area (Å²) in [6.45, 7) is 0. The van der Waals surface area contributed by atoms with Crippen LogP contribution >= 0.6 is 23.1 Å². The Hall–Kier alpha value is -2.45. The Bertz CT molecular complexity index is 886. The van der Waals surface area contributed by atoms with Crippen molar-refractivity contribution >= 4 is 23.1 Å². The zero-order valence-corrected chi connectivity index (χ0v) is 13.5. The molecule has 4 aromatic rings. The third kappa shape index (κ3) is 3.03. The minimum atomic E-state index is 0.641. The summed E-state index contributed by atoms with van der Waals surface area (Å²) in [6, 6.07) is 15.8. The first-order valence-corrected chi connectivity index (χ1v) is 8.73. The van der Waals surface area contributed by atoms with Crippen LogP contribution in [0.1, 0.15) is 5.69 Å². The van der Waals surface area contributed by atoms with E-state index in [0.717, 1.165) is 27.2 Å². The normalized spacial score (nSPS) is 11.0. The lowest BCUT2D eigenvalue weighted by Gasteiger charge is -2.02. The molecule has 0 N–H and O–H groups in total. The minimum Gasteiger partial charge on any atom is -0.355 e. The molecule has 8 heteroatoms.